The van der Waals surface area contributed by atoms with Crippen molar-refractivity contribution < 1.29 is 23.9 Å². The second-order valence-electron chi connectivity index (χ2n) is 6.80. The van der Waals surface area contributed by atoms with Crippen LogP contribution >= 0.6 is 0 Å². The molecule has 2 saturated heterocycles. The van der Waals surface area contributed by atoms with Crippen LogP contribution in [-0.2, 0) is 14.4 Å². The van der Waals surface area contributed by atoms with E-state index in [0.29, 0.717) is 38.2 Å². The molecule has 0 bridgehead atoms. The van der Waals surface area contributed by atoms with Crippen molar-refractivity contribution in [3.63, 3.8) is 0 Å². The number of likely N-dealkylation sites (tertiary alicyclic amines) is 1. The van der Waals surface area contributed by atoms with Gasteiger partial charge in [-0.2, -0.15) is 0 Å². The van der Waals surface area contributed by atoms with Gasteiger partial charge in [0.25, 0.3) is 0 Å². The van der Waals surface area contributed by atoms with E-state index in [4.69, 9.17) is 0 Å². The molecule has 3 rings (SSSR count). The maximum Gasteiger partial charge on any atom is 0.306 e. The second-order valence-corrected chi connectivity index (χ2v) is 6.80. The highest BCUT2D eigenvalue weighted by atomic mass is 19.1. The Hall–Kier alpha value is -2.44. The van der Waals surface area contributed by atoms with Gasteiger partial charge in [0.1, 0.15) is 11.7 Å². The van der Waals surface area contributed by atoms with Crippen molar-refractivity contribution in [3.05, 3.63) is 30.1 Å². The zero-order valence-electron chi connectivity index (χ0n) is 14.0. The molecular weight excluding hydrogens is 327 g/mol. The smallest absolute Gasteiger partial charge is 0.306 e. The van der Waals surface area contributed by atoms with E-state index in [9.17, 15) is 23.9 Å². The summed E-state index contributed by atoms with van der Waals surface area (Å²) in [6.07, 6.45) is 0.826. The number of carboxylic acid groups (broad SMARTS) is 1. The van der Waals surface area contributed by atoms with Gasteiger partial charge in [-0.15, -0.1) is 0 Å². The zero-order chi connectivity index (χ0) is 18.1. The lowest BCUT2D eigenvalue weighted by atomic mass is 9.86. The van der Waals surface area contributed by atoms with Crippen molar-refractivity contribution in [1.82, 2.24) is 4.90 Å². The molecule has 2 aliphatic rings. The van der Waals surface area contributed by atoms with Crippen LogP contribution in [0, 0.1) is 23.6 Å². The average Bonchev–Trinajstić information content (AvgIpc) is 2.96. The van der Waals surface area contributed by atoms with Crippen LogP contribution in [0.15, 0.2) is 24.3 Å². The van der Waals surface area contributed by atoms with Crippen molar-refractivity contribution in [1.29, 1.82) is 0 Å². The number of hydrogen-bond donors (Lipinski definition) is 1. The number of carbonyl (C=O) groups is 3. The second kappa shape index (κ2) is 6.82. The number of carbonyl (C=O) groups excluding carboxylic acids is 2. The fourth-order valence-corrected chi connectivity index (χ4v) is 3.72. The summed E-state index contributed by atoms with van der Waals surface area (Å²) in [5.41, 5.74) is 0.583. The molecule has 1 N–H and O–H groups in total. The Kier molecular flexibility index (Phi) is 4.74. The molecule has 6 nitrogen and oxygen atoms in total. The molecule has 2 aliphatic heterocycles. The summed E-state index contributed by atoms with van der Waals surface area (Å²) in [5, 5.41) is 9.18. The summed E-state index contributed by atoms with van der Waals surface area (Å²) in [6, 6.07) is 5.63. The molecule has 25 heavy (non-hydrogen) atoms. The van der Waals surface area contributed by atoms with E-state index >= 15 is 0 Å². The Morgan fingerprint density at radius 3 is 2.44 bits per heavy atom. The Balaban J connectivity index is 1.67. The highest BCUT2D eigenvalue weighted by Gasteiger charge is 2.42. The summed E-state index contributed by atoms with van der Waals surface area (Å²) < 4.78 is 13.0. The molecule has 134 valence electrons. The molecule has 1 aromatic rings. The lowest BCUT2D eigenvalue weighted by molar-refractivity contribution is -0.150. The van der Waals surface area contributed by atoms with E-state index in [-0.39, 0.29) is 23.5 Å². The molecule has 2 amide bonds. The van der Waals surface area contributed by atoms with Gasteiger partial charge < -0.3 is 14.9 Å². The summed E-state index contributed by atoms with van der Waals surface area (Å²) in [7, 11) is 0. The van der Waals surface area contributed by atoms with Gasteiger partial charge in [0, 0.05) is 25.3 Å². The number of hydrogen-bond acceptors (Lipinski definition) is 3. The van der Waals surface area contributed by atoms with E-state index in [1.54, 1.807) is 4.90 Å². The van der Waals surface area contributed by atoms with Crippen molar-refractivity contribution in [2.45, 2.75) is 19.8 Å². The Morgan fingerprint density at radius 2 is 1.84 bits per heavy atom. The van der Waals surface area contributed by atoms with E-state index in [1.165, 1.54) is 29.2 Å². The van der Waals surface area contributed by atoms with Crippen molar-refractivity contribution in [2.75, 3.05) is 24.5 Å². The Bertz CT molecular complexity index is 691. The highest BCUT2D eigenvalue weighted by Crippen LogP contribution is 2.29. The summed E-state index contributed by atoms with van der Waals surface area (Å²) in [4.78, 5) is 39.7. The molecule has 0 saturated carbocycles. The van der Waals surface area contributed by atoms with Crippen molar-refractivity contribution in [2.24, 2.45) is 17.8 Å². The number of piperidine rings is 1. The summed E-state index contributed by atoms with van der Waals surface area (Å²) in [5.74, 6) is -3.04. The predicted molar refractivity (Wildman–Crippen MR) is 88.3 cm³/mol. The van der Waals surface area contributed by atoms with Gasteiger partial charge in [0.2, 0.25) is 11.8 Å². The topological polar surface area (TPSA) is 77.9 Å². The maximum absolute atomic E-state index is 13.0. The van der Waals surface area contributed by atoms with E-state index in [0.717, 1.165) is 0 Å². The first kappa shape index (κ1) is 17.4. The third kappa shape index (κ3) is 3.36. The number of carboxylic acids is 1. The van der Waals surface area contributed by atoms with Gasteiger partial charge >= 0.3 is 5.97 Å². The van der Waals surface area contributed by atoms with Gasteiger partial charge in [-0.05, 0) is 43.0 Å². The molecule has 1 aromatic carbocycles. The molecule has 0 aliphatic carbocycles. The van der Waals surface area contributed by atoms with Gasteiger partial charge in [-0.25, -0.2) is 4.39 Å². The van der Waals surface area contributed by atoms with Gasteiger partial charge in [0.05, 0.1) is 5.92 Å². The molecular formula is C18H21FN2O4. The first-order valence-electron chi connectivity index (χ1n) is 8.47. The lowest BCUT2D eigenvalue weighted by Crippen LogP contribution is -2.48. The van der Waals surface area contributed by atoms with Crippen LogP contribution in [0.4, 0.5) is 10.1 Å². The highest BCUT2D eigenvalue weighted by molar-refractivity contribution is 6.09. The van der Waals surface area contributed by atoms with Crippen LogP contribution in [0.3, 0.4) is 0 Å². The minimum Gasteiger partial charge on any atom is -0.481 e. The Labute approximate surface area is 145 Å². The van der Waals surface area contributed by atoms with Crippen LogP contribution in [0.2, 0.25) is 0 Å². The standard InChI is InChI=1S/C18H21FN2O4/c1-11-10-20(8-6-14(11)18(24)25)16(22)15-7-9-21(17(15)23)13-4-2-12(19)3-5-13/h2-5,11,14-15H,6-10H2,1H3,(H,24,25). The first-order valence-corrected chi connectivity index (χ1v) is 8.47. The number of benzene rings is 1. The minimum atomic E-state index is -0.834. The fourth-order valence-electron chi connectivity index (χ4n) is 3.72. The third-order valence-electron chi connectivity index (χ3n) is 5.18. The monoisotopic (exact) mass is 348 g/mol. The maximum atomic E-state index is 13.0. The molecule has 7 heteroatoms. The SMILES string of the molecule is CC1CN(C(=O)C2CCN(c3ccc(F)cc3)C2=O)CCC1C(=O)O. The number of nitrogens with zero attached hydrogens (tertiary/aromatic N) is 2. The number of aliphatic carboxylic acids is 1. The molecule has 3 atom stereocenters. The van der Waals surface area contributed by atoms with Crippen LogP contribution in [-0.4, -0.2) is 47.4 Å². The average molecular weight is 348 g/mol. The van der Waals surface area contributed by atoms with E-state index in [1.807, 2.05) is 6.92 Å². The van der Waals surface area contributed by atoms with Gasteiger partial charge in [-0.1, -0.05) is 6.92 Å². The van der Waals surface area contributed by atoms with Gasteiger partial charge in [0.15, 0.2) is 0 Å². The first-order chi connectivity index (χ1) is 11.9. The van der Waals surface area contributed by atoms with Crippen LogP contribution in [0.25, 0.3) is 0 Å². The van der Waals surface area contributed by atoms with E-state index in [2.05, 4.69) is 0 Å². The van der Waals surface area contributed by atoms with Crippen LogP contribution in [0.5, 0.6) is 0 Å². The number of anilines is 1. The number of amides is 2. The van der Waals surface area contributed by atoms with E-state index < -0.39 is 17.8 Å². The molecule has 2 fully saturated rings. The molecule has 3 unspecified atom stereocenters. The third-order valence-corrected chi connectivity index (χ3v) is 5.18. The molecule has 0 radical (unpaired) electrons. The normalized spacial score (nSPS) is 26.8. The molecule has 0 spiro atoms. The summed E-state index contributed by atoms with van der Waals surface area (Å²) in [6.45, 7) is 2.96. The fraction of sp³-hybridized carbons (Fsp3) is 0.500. The lowest BCUT2D eigenvalue weighted by Gasteiger charge is -2.36. The quantitative estimate of drug-likeness (QED) is 0.844. The van der Waals surface area contributed by atoms with Crippen molar-refractivity contribution >= 4 is 23.5 Å². The van der Waals surface area contributed by atoms with Crippen molar-refractivity contribution in [3.8, 4) is 0 Å². The molecule has 0 aromatic heterocycles. The van der Waals surface area contributed by atoms with Crippen LogP contribution in [0.1, 0.15) is 19.8 Å². The van der Waals surface area contributed by atoms with Crippen LogP contribution < -0.4 is 4.90 Å². The minimum absolute atomic E-state index is 0.139. The summed E-state index contributed by atoms with van der Waals surface area (Å²) >= 11 is 0. The van der Waals surface area contributed by atoms with Gasteiger partial charge in [-0.3, -0.25) is 14.4 Å². The number of rotatable bonds is 3. The number of halogens is 1. The largest absolute Gasteiger partial charge is 0.481 e. The zero-order valence-corrected chi connectivity index (χ0v) is 14.0. The Morgan fingerprint density at radius 1 is 1.16 bits per heavy atom. The predicted octanol–water partition coefficient (Wildman–Crippen LogP) is 1.75. The molecule has 2 heterocycles.